The standard InChI is InChI=1S/C12H15F2NO/c13-12(14)16-11-7-2-1-6-10(11)15-8-9-4-3-5-9/h1-2,6-7,9,12,15H,3-5,8H2. The van der Waals surface area contributed by atoms with E-state index >= 15 is 0 Å². The molecule has 2 rings (SSSR count). The molecule has 1 saturated carbocycles. The van der Waals surface area contributed by atoms with E-state index in [0.717, 1.165) is 6.54 Å². The van der Waals surface area contributed by atoms with E-state index in [9.17, 15) is 8.78 Å². The van der Waals surface area contributed by atoms with Gasteiger partial charge in [0.1, 0.15) is 5.75 Å². The third-order valence-electron chi connectivity index (χ3n) is 2.91. The number of hydrogen-bond acceptors (Lipinski definition) is 2. The number of nitrogens with one attached hydrogen (secondary N) is 1. The quantitative estimate of drug-likeness (QED) is 0.831. The van der Waals surface area contributed by atoms with Gasteiger partial charge in [0.25, 0.3) is 0 Å². The Morgan fingerprint density at radius 3 is 2.69 bits per heavy atom. The molecule has 1 aliphatic rings. The number of halogens is 2. The van der Waals surface area contributed by atoms with Crippen molar-refractivity contribution in [3.63, 3.8) is 0 Å². The topological polar surface area (TPSA) is 21.3 Å². The van der Waals surface area contributed by atoms with Gasteiger partial charge in [-0.25, -0.2) is 0 Å². The van der Waals surface area contributed by atoms with Crippen molar-refractivity contribution in [2.45, 2.75) is 25.9 Å². The molecule has 0 saturated heterocycles. The number of anilines is 1. The van der Waals surface area contributed by atoms with Crippen molar-refractivity contribution in [1.29, 1.82) is 0 Å². The fourth-order valence-electron chi connectivity index (χ4n) is 1.76. The Morgan fingerprint density at radius 1 is 1.31 bits per heavy atom. The Morgan fingerprint density at radius 2 is 2.06 bits per heavy atom. The number of rotatable bonds is 5. The minimum atomic E-state index is -2.77. The zero-order valence-electron chi connectivity index (χ0n) is 8.96. The van der Waals surface area contributed by atoms with Gasteiger partial charge in [0.15, 0.2) is 0 Å². The summed E-state index contributed by atoms with van der Waals surface area (Å²) < 4.78 is 28.7. The average Bonchev–Trinajstić information content (AvgIpc) is 2.17. The van der Waals surface area contributed by atoms with Crippen LogP contribution in [-0.4, -0.2) is 13.2 Å². The molecular formula is C12H15F2NO. The van der Waals surface area contributed by atoms with Crippen LogP contribution in [0.25, 0.3) is 0 Å². The Kier molecular flexibility index (Phi) is 3.59. The maximum absolute atomic E-state index is 12.1. The zero-order chi connectivity index (χ0) is 11.4. The molecule has 16 heavy (non-hydrogen) atoms. The van der Waals surface area contributed by atoms with Crippen LogP contribution in [0, 0.1) is 5.92 Å². The first-order valence-electron chi connectivity index (χ1n) is 5.53. The third kappa shape index (κ3) is 2.84. The number of benzene rings is 1. The van der Waals surface area contributed by atoms with E-state index in [2.05, 4.69) is 10.1 Å². The molecule has 1 aliphatic carbocycles. The monoisotopic (exact) mass is 227 g/mol. The number of ether oxygens (including phenoxy) is 1. The molecule has 0 spiro atoms. The second-order valence-electron chi connectivity index (χ2n) is 4.05. The Bertz CT molecular complexity index is 340. The second-order valence-corrected chi connectivity index (χ2v) is 4.05. The molecule has 88 valence electrons. The average molecular weight is 227 g/mol. The summed E-state index contributed by atoms with van der Waals surface area (Å²) in [6, 6.07) is 6.80. The summed E-state index contributed by atoms with van der Waals surface area (Å²) in [5.41, 5.74) is 0.648. The van der Waals surface area contributed by atoms with E-state index in [1.165, 1.54) is 19.3 Å². The van der Waals surface area contributed by atoms with Gasteiger partial charge >= 0.3 is 6.61 Å². The highest BCUT2D eigenvalue weighted by atomic mass is 19.3. The molecular weight excluding hydrogens is 212 g/mol. The molecule has 4 heteroatoms. The molecule has 0 aliphatic heterocycles. The zero-order valence-corrected chi connectivity index (χ0v) is 8.96. The van der Waals surface area contributed by atoms with Crippen LogP contribution in [0.5, 0.6) is 5.75 Å². The Hall–Kier alpha value is -1.32. The van der Waals surface area contributed by atoms with Crippen molar-refractivity contribution in [2.75, 3.05) is 11.9 Å². The van der Waals surface area contributed by atoms with Crippen LogP contribution in [0.1, 0.15) is 19.3 Å². The first kappa shape index (κ1) is 11.2. The smallest absolute Gasteiger partial charge is 0.387 e. The maximum atomic E-state index is 12.1. The van der Waals surface area contributed by atoms with Crippen LogP contribution in [0.4, 0.5) is 14.5 Å². The van der Waals surface area contributed by atoms with Crippen LogP contribution < -0.4 is 10.1 Å². The van der Waals surface area contributed by atoms with Gasteiger partial charge in [-0.1, -0.05) is 18.6 Å². The summed E-state index contributed by atoms with van der Waals surface area (Å²) in [6.07, 6.45) is 3.73. The lowest BCUT2D eigenvalue weighted by Crippen LogP contribution is -2.21. The van der Waals surface area contributed by atoms with Gasteiger partial charge in [-0.15, -0.1) is 0 Å². The molecule has 0 atom stereocenters. The van der Waals surface area contributed by atoms with E-state index in [1.807, 2.05) is 0 Å². The Balaban J connectivity index is 1.94. The maximum Gasteiger partial charge on any atom is 0.387 e. The molecule has 0 bridgehead atoms. The van der Waals surface area contributed by atoms with Crippen molar-refractivity contribution in [2.24, 2.45) is 5.92 Å². The number of alkyl halides is 2. The van der Waals surface area contributed by atoms with Crippen molar-refractivity contribution < 1.29 is 13.5 Å². The molecule has 2 nitrogen and oxygen atoms in total. The first-order chi connectivity index (χ1) is 7.75. The molecule has 0 aromatic heterocycles. The molecule has 0 unspecified atom stereocenters. The number of para-hydroxylation sites is 2. The third-order valence-corrected chi connectivity index (χ3v) is 2.91. The Labute approximate surface area is 93.6 Å². The molecule has 1 aromatic rings. The van der Waals surface area contributed by atoms with Gasteiger partial charge in [0.05, 0.1) is 5.69 Å². The van der Waals surface area contributed by atoms with E-state index in [1.54, 1.807) is 24.3 Å². The lowest BCUT2D eigenvalue weighted by molar-refractivity contribution is -0.0493. The van der Waals surface area contributed by atoms with Gasteiger partial charge in [-0.3, -0.25) is 0 Å². The van der Waals surface area contributed by atoms with Gasteiger partial charge in [-0.2, -0.15) is 8.78 Å². The first-order valence-corrected chi connectivity index (χ1v) is 5.53. The highest BCUT2D eigenvalue weighted by Gasteiger charge is 2.17. The van der Waals surface area contributed by atoms with E-state index in [-0.39, 0.29) is 5.75 Å². The predicted molar refractivity (Wildman–Crippen MR) is 58.9 cm³/mol. The summed E-state index contributed by atoms with van der Waals surface area (Å²) in [4.78, 5) is 0. The summed E-state index contributed by atoms with van der Waals surface area (Å²) in [5, 5.41) is 3.16. The fourth-order valence-corrected chi connectivity index (χ4v) is 1.76. The molecule has 1 N–H and O–H groups in total. The van der Waals surface area contributed by atoms with Crippen LogP contribution in [0.3, 0.4) is 0 Å². The summed E-state index contributed by atoms with van der Waals surface area (Å²) >= 11 is 0. The minimum absolute atomic E-state index is 0.219. The van der Waals surface area contributed by atoms with Crippen molar-refractivity contribution in [3.8, 4) is 5.75 Å². The van der Waals surface area contributed by atoms with Gasteiger partial charge in [0, 0.05) is 6.54 Å². The number of hydrogen-bond donors (Lipinski definition) is 1. The van der Waals surface area contributed by atoms with Crippen molar-refractivity contribution in [3.05, 3.63) is 24.3 Å². The van der Waals surface area contributed by atoms with Gasteiger partial charge < -0.3 is 10.1 Å². The minimum Gasteiger partial charge on any atom is -0.433 e. The second kappa shape index (κ2) is 5.14. The van der Waals surface area contributed by atoms with E-state index in [0.29, 0.717) is 11.6 Å². The normalized spacial score (nSPS) is 15.9. The fraction of sp³-hybridized carbons (Fsp3) is 0.500. The lowest BCUT2D eigenvalue weighted by atomic mass is 9.85. The summed E-state index contributed by atoms with van der Waals surface area (Å²) in [5.74, 6) is 0.899. The highest BCUT2D eigenvalue weighted by molar-refractivity contribution is 5.56. The van der Waals surface area contributed by atoms with E-state index < -0.39 is 6.61 Å². The highest BCUT2D eigenvalue weighted by Crippen LogP contribution is 2.29. The van der Waals surface area contributed by atoms with Crippen LogP contribution in [0.15, 0.2) is 24.3 Å². The molecule has 0 heterocycles. The largest absolute Gasteiger partial charge is 0.433 e. The van der Waals surface area contributed by atoms with Crippen LogP contribution in [0.2, 0.25) is 0 Å². The van der Waals surface area contributed by atoms with Crippen LogP contribution >= 0.6 is 0 Å². The van der Waals surface area contributed by atoms with Crippen molar-refractivity contribution >= 4 is 5.69 Å². The molecule has 0 radical (unpaired) electrons. The SMILES string of the molecule is FC(F)Oc1ccccc1NCC1CCC1. The summed E-state index contributed by atoms with van der Waals surface area (Å²) in [6.45, 7) is -1.93. The van der Waals surface area contributed by atoms with Crippen LogP contribution in [-0.2, 0) is 0 Å². The van der Waals surface area contributed by atoms with Crippen molar-refractivity contribution in [1.82, 2.24) is 0 Å². The predicted octanol–water partition coefficient (Wildman–Crippen LogP) is 3.50. The van der Waals surface area contributed by atoms with Gasteiger partial charge in [0.2, 0.25) is 0 Å². The van der Waals surface area contributed by atoms with Gasteiger partial charge in [-0.05, 0) is 30.9 Å². The van der Waals surface area contributed by atoms with E-state index in [4.69, 9.17) is 0 Å². The molecule has 0 amide bonds. The lowest BCUT2D eigenvalue weighted by Gasteiger charge is -2.26. The molecule has 1 aromatic carbocycles. The summed E-state index contributed by atoms with van der Waals surface area (Å²) in [7, 11) is 0. The molecule has 1 fully saturated rings.